The number of Topliss-reactive ketones (excluding diaryl/α,β-unsaturated/α-hetero) is 1. The van der Waals surface area contributed by atoms with Gasteiger partial charge in [0.05, 0.1) is 16.1 Å². The highest BCUT2D eigenvalue weighted by Crippen LogP contribution is 2.32. The SMILES string of the molecule is O=C(COC(=O)c1cccc(S(=O)(=O)N2CCCc3ccccc32)c1)c1ccccc1. The maximum absolute atomic E-state index is 13.3. The third kappa shape index (κ3) is 4.36. The molecule has 0 spiro atoms. The van der Waals surface area contributed by atoms with Crippen molar-refractivity contribution in [3.8, 4) is 0 Å². The fourth-order valence-corrected chi connectivity index (χ4v) is 5.17. The van der Waals surface area contributed by atoms with Gasteiger partial charge in [-0.05, 0) is 42.7 Å². The third-order valence-corrected chi connectivity index (χ3v) is 6.96. The lowest BCUT2D eigenvalue weighted by molar-refractivity contribution is 0.0474. The van der Waals surface area contributed by atoms with Crippen LogP contribution in [0.1, 0.15) is 32.7 Å². The number of rotatable bonds is 6. The Morgan fingerprint density at radius 2 is 1.58 bits per heavy atom. The van der Waals surface area contributed by atoms with E-state index in [2.05, 4.69) is 0 Å². The standard InChI is InChI=1S/C24H21NO5S/c26-23(19-9-2-1-3-10-19)17-30-24(27)20-11-6-13-21(16-20)31(28,29)25-15-7-12-18-8-4-5-14-22(18)25/h1-6,8-11,13-14,16H,7,12,15,17H2. The van der Waals surface area contributed by atoms with Crippen LogP contribution >= 0.6 is 0 Å². The summed E-state index contributed by atoms with van der Waals surface area (Å²) in [7, 11) is -3.85. The highest BCUT2D eigenvalue weighted by Gasteiger charge is 2.29. The molecule has 6 nitrogen and oxygen atoms in total. The molecule has 0 atom stereocenters. The zero-order valence-corrected chi connectivity index (χ0v) is 17.5. The molecule has 0 fully saturated rings. The second kappa shape index (κ2) is 8.73. The lowest BCUT2D eigenvalue weighted by atomic mass is 10.0. The van der Waals surface area contributed by atoms with Crippen molar-refractivity contribution in [2.45, 2.75) is 17.7 Å². The van der Waals surface area contributed by atoms with Crippen LogP contribution in [0.25, 0.3) is 0 Å². The number of para-hydroxylation sites is 1. The Bertz CT molecular complexity index is 1220. The first-order chi connectivity index (χ1) is 15.0. The van der Waals surface area contributed by atoms with Gasteiger partial charge in [0.2, 0.25) is 0 Å². The van der Waals surface area contributed by atoms with Gasteiger partial charge in [0, 0.05) is 12.1 Å². The molecule has 158 valence electrons. The van der Waals surface area contributed by atoms with Crippen LogP contribution in [0.4, 0.5) is 5.69 Å². The molecule has 0 aliphatic carbocycles. The molecule has 0 saturated heterocycles. The van der Waals surface area contributed by atoms with E-state index in [9.17, 15) is 18.0 Å². The first kappa shape index (κ1) is 20.8. The monoisotopic (exact) mass is 435 g/mol. The molecule has 0 bridgehead atoms. The topological polar surface area (TPSA) is 80.8 Å². The van der Waals surface area contributed by atoms with Crippen LogP contribution in [0.5, 0.6) is 0 Å². The molecule has 0 amide bonds. The average molecular weight is 436 g/mol. The van der Waals surface area contributed by atoms with Crippen molar-refractivity contribution in [1.29, 1.82) is 0 Å². The van der Waals surface area contributed by atoms with Crippen LogP contribution in [0.2, 0.25) is 0 Å². The summed E-state index contributed by atoms with van der Waals surface area (Å²) in [4.78, 5) is 24.6. The molecule has 0 radical (unpaired) electrons. The fourth-order valence-electron chi connectivity index (χ4n) is 3.58. The molecule has 1 aliphatic rings. The summed E-state index contributed by atoms with van der Waals surface area (Å²) in [6.07, 6.45) is 1.55. The zero-order chi connectivity index (χ0) is 21.8. The van der Waals surface area contributed by atoms with Crippen molar-refractivity contribution in [1.82, 2.24) is 0 Å². The van der Waals surface area contributed by atoms with Gasteiger partial charge in [0.25, 0.3) is 10.0 Å². The minimum absolute atomic E-state index is 0.00744. The van der Waals surface area contributed by atoms with Crippen LogP contribution in [-0.4, -0.2) is 33.3 Å². The summed E-state index contributed by atoms with van der Waals surface area (Å²) in [6, 6.07) is 21.6. The van der Waals surface area contributed by atoms with E-state index in [4.69, 9.17) is 4.74 Å². The van der Waals surface area contributed by atoms with Crippen molar-refractivity contribution < 1.29 is 22.7 Å². The first-order valence-corrected chi connectivity index (χ1v) is 11.4. The number of anilines is 1. The number of sulfonamides is 1. The van der Waals surface area contributed by atoms with Gasteiger partial charge in [0.15, 0.2) is 12.4 Å². The van der Waals surface area contributed by atoms with Gasteiger partial charge < -0.3 is 4.74 Å². The number of ether oxygens (including phenoxy) is 1. The molecule has 1 heterocycles. The van der Waals surface area contributed by atoms with Crippen LogP contribution < -0.4 is 4.31 Å². The molecular formula is C24H21NO5S. The molecule has 3 aromatic rings. The number of benzene rings is 3. The second-order valence-corrected chi connectivity index (χ2v) is 9.06. The van der Waals surface area contributed by atoms with Gasteiger partial charge in [-0.3, -0.25) is 9.10 Å². The summed E-state index contributed by atoms with van der Waals surface area (Å²) >= 11 is 0. The number of carbonyl (C=O) groups excluding carboxylic acids is 2. The number of fused-ring (bicyclic) bond motifs is 1. The normalized spacial score (nSPS) is 13.4. The van der Waals surface area contributed by atoms with E-state index in [0.717, 1.165) is 18.4 Å². The summed E-state index contributed by atoms with van der Waals surface area (Å²) in [6.45, 7) is -0.0427. The van der Waals surface area contributed by atoms with Crippen LogP contribution in [0.15, 0.2) is 83.8 Å². The molecular weight excluding hydrogens is 414 g/mol. The Labute approximate surface area is 181 Å². The molecule has 0 unspecified atom stereocenters. The van der Waals surface area contributed by atoms with E-state index in [1.165, 1.54) is 28.6 Å². The summed E-state index contributed by atoms with van der Waals surface area (Å²) in [5, 5.41) is 0. The molecule has 4 rings (SSSR count). The fraction of sp³-hybridized carbons (Fsp3) is 0.167. The highest BCUT2D eigenvalue weighted by molar-refractivity contribution is 7.92. The predicted octanol–water partition coefficient (Wildman–Crippen LogP) is 3.87. The largest absolute Gasteiger partial charge is 0.454 e. The maximum Gasteiger partial charge on any atom is 0.338 e. The van der Waals surface area contributed by atoms with Gasteiger partial charge in [-0.25, -0.2) is 13.2 Å². The first-order valence-electron chi connectivity index (χ1n) is 9.93. The van der Waals surface area contributed by atoms with E-state index in [-0.39, 0.29) is 16.2 Å². The number of aryl methyl sites for hydroxylation is 1. The Hall–Kier alpha value is -3.45. The van der Waals surface area contributed by atoms with Crippen molar-refractivity contribution in [2.24, 2.45) is 0 Å². The number of esters is 1. The van der Waals surface area contributed by atoms with Gasteiger partial charge in [-0.2, -0.15) is 0 Å². The van der Waals surface area contributed by atoms with E-state index in [1.807, 2.05) is 18.2 Å². The van der Waals surface area contributed by atoms with E-state index < -0.39 is 22.6 Å². The van der Waals surface area contributed by atoms with Crippen molar-refractivity contribution in [3.05, 3.63) is 95.6 Å². The van der Waals surface area contributed by atoms with Crippen LogP contribution in [0, 0.1) is 0 Å². The van der Waals surface area contributed by atoms with Gasteiger partial charge in [-0.1, -0.05) is 54.6 Å². The molecule has 3 aromatic carbocycles. The van der Waals surface area contributed by atoms with Gasteiger partial charge >= 0.3 is 5.97 Å². The van der Waals surface area contributed by atoms with Crippen molar-refractivity contribution in [3.63, 3.8) is 0 Å². The Morgan fingerprint density at radius 3 is 2.39 bits per heavy atom. The minimum atomic E-state index is -3.85. The van der Waals surface area contributed by atoms with E-state index in [1.54, 1.807) is 36.4 Å². The van der Waals surface area contributed by atoms with Crippen LogP contribution in [-0.2, 0) is 21.2 Å². The Balaban J connectivity index is 1.53. The van der Waals surface area contributed by atoms with Crippen LogP contribution in [0.3, 0.4) is 0 Å². The van der Waals surface area contributed by atoms with E-state index in [0.29, 0.717) is 17.8 Å². The lowest BCUT2D eigenvalue weighted by Gasteiger charge is -2.30. The average Bonchev–Trinajstić information content (AvgIpc) is 2.82. The summed E-state index contributed by atoms with van der Waals surface area (Å²) in [5.74, 6) is -1.08. The zero-order valence-electron chi connectivity index (χ0n) is 16.7. The molecule has 0 aromatic heterocycles. The quantitative estimate of drug-likeness (QED) is 0.434. The van der Waals surface area contributed by atoms with Gasteiger partial charge in [-0.15, -0.1) is 0 Å². The Kier molecular flexibility index (Phi) is 5.86. The second-order valence-electron chi connectivity index (χ2n) is 7.20. The Morgan fingerprint density at radius 1 is 0.871 bits per heavy atom. The number of hydrogen-bond donors (Lipinski definition) is 0. The molecule has 0 saturated carbocycles. The third-order valence-electron chi connectivity index (χ3n) is 5.16. The summed E-state index contributed by atoms with van der Waals surface area (Å²) < 4.78 is 33.1. The molecule has 31 heavy (non-hydrogen) atoms. The number of nitrogens with zero attached hydrogens (tertiary/aromatic N) is 1. The smallest absolute Gasteiger partial charge is 0.338 e. The van der Waals surface area contributed by atoms with Gasteiger partial charge in [0.1, 0.15) is 0 Å². The van der Waals surface area contributed by atoms with Crippen molar-refractivity contribution in [2.75, 3.05) is 17.5 Å². The van der Waals surface area contributed by atoms with E-state index >= 15 is 0 Å². The minimum Gasteiger partial charge on any atom is -0.454 e. The number of hydrogen-bond acceptors (Lipinski definition) is 5. The summed E-state index contributed by atoms with van der Waals surface area (Å²) in [5.41, 5.74) is 2.16. The number of carbonyl (C=O) groups is 2. The molecule has 0 N–H and O–H groups in total. The maximum atomic E-state index is 13.3. The lowest BCUT2D eigenvalue weighted by Crippen LogP contribution is -2.35. The molecule has 1 aliphatic heterocycles. The van der Waals surface area contributed by atoms with Crippen molar-refractivity contribution >= 4 is 27.5 Å². The molecule has 7 heteroatoms. The number of ketones is 1. The highest BCUT2D eigenvalue weighted by atomic mass is 32.2. The predicted molar refractivity (Wildman–Crippen MR) is 117 cm³/mol.